The number of halogens is 2. The fourth-order valence-corrected chi connectivity index (χ4v) is 3.12. The van der Waals surface area contributed by atoms with Gasteiger partial charge >= 0.3 is 0 Å². The van der Waals surface area contributed by atoms with Crippen molar-refractivity contribution in [3.05, 3.63) is 33.3 Å². The van der Waals surface area contributed by atoms with E-state index in [0.717, 1.165) is 6.42 Å². The van der Waals surface area contributed by atoms with E-state index in [1.165, 1.54) is 0 Å². The molecule has 0 aromatic heterocycles. The van der Waals surface area contributed by atoms with Crippen LogP contribution in [0.25, 0.3) is 0 Å². The van der Waals surface area contributed by atoms with Crippen LogP contribution in [-0.4, -0.2) is 47.8 Å². The maximum Gasteiger partial charge on any atom is 0.255 e. The Morgan fingerprint density at radius 3 is 2.45 bits per heavy atom. The zero-order valence-electron chi connectivity index (χ0n) is 11.2. The second-order valence-electron chi connectivity index (χ2n) is 4.78. The van der Waals surface area contributed by atoms with Crippen LogP contribution in [0.3, 0.4) is 0 Å². The van der Waals surface area contributed by atoms with Crippen LogP contribution in [0.15, 0.2) is 22.7 Å². The van der Waals surface area contributed by atoms with Gasteiger partial charge in [0.15, 0.2) is 0 Å². The first-order valence-corrected chi connectivity index (χ1v) is 7.66. The number of benzene rings is 1. The Kier molecular flexibility index (Phi) is 5.05. The molecule has 0 aliphatic carbocycles. The molecular formula is C14H16BrClN2O2. The van der Waals surface area contributed by atoms with Crippen molar-refractivity contribution in [2.75, 3.05) is 26.2 Å². The van der Waals surface area contributed by atoms with E-state index in [0.29, 0.717) is 41.2 Å². The molecule has 1 saturated heterocycles. The van der Waals surface area contributed by atoms with Gasteiger partial charge in [0.1, 0.15) is 0 Å². The minimum Gasteiger partial charge on any atom is -0.341 e. The van der Waals surface area contributed by atoms with Crippen LogP contribution in [-0.2, 0) is 4.79 Å². The van der Waals surface area contributed by atoms with Crippen molar-refractivity contribution in [2.45, 2.75) is 13.3 Å². The molecule has 0 bridgehead atoms. The van der Waals surface area contributed by atoms with Gasteiger partial charge in [-0.2, -0.15) is 0 Å². The van der Waals surface area contributed by atoms with Crippen molar-refractivity contribution >= 4 is 39.3 Å². The van der Waals surface area contributed by atoms with Gasteiger partial charge < -0.3 is 9.80 Å². The molecule has 0 unspecified atom stereocenters. The first kappa shape index (κ1) is 15.3. The van der Waals surface area contributed by atoms with Crippen LogP contribution >= 0.6 is 27.5 Å². The van der Waals surface area contributed by atoms with E-state index in [4.69, 9.17) is 11.6 Å². The summed E-state index contributed by atoms with van der Waals surface area (Å²) in [4.78, 5) is 27.5. The molecule has 0 radical (unpaired) electrons. The number of carbonyl (C=O) groups is 2. The number of hydrogen-bond acceptors (Lipinski definition) is 2. The third-order valence-electron chi connectivity index (χ3n) is 3.39. The fraction of sp³-hybridized carbons (Fsp3) is 0.429. The molecule has 2 amide bonds. The average Bonchev–Trinajstić information content (AvgIpc) is 2.63. The number of carbonyl (C=O) groups excluding carboxylic acids is 2. The second-order valence-corrected chi connectivity index (χ2v) is 6.07. The van der Waals surface area contributed by atoms with E-state index in [1.807, 2.05) is 0 Å². The molecule has 108 valence electrons. The van der Waals surface area contributed by atoms with Crippen LogP contribution in [0.2, 0.25) is 5.02 Å². The van der Waals surface area contributed by atoms with Crippen molar-refractivity contribution < 1.29 is 9.59 Å². The summed E-state index contributed by atoms with van der Waals surface area (Å²) in [6.45, 7) is 4.09. The summed E-state index contributed by atoms with van der Waals surface area (Å²) in [6, 6.07) is 5.15. The zero-order valence-corrected chi connectivity index (χ0v) is 13.6. The molecule has 0 atom stereocenters. The summed E-state index contributed by atoms with van der Waals surface area (Å²) in [5.74, 6) is 0.0333. The summed E-state index contributed by atoms with van der Waals surface area (Å²) < 4.78 is 0.697. The van der Waals surface area contributed by atoms with E-state index in [2.05, 4.69) is 15.9 Å². The molecule has 4 nitrogen and oxygen atoms in total. The topological polar surface area (TPSA) is 40.6 Å². The normalized spacial score (nSPS) is 15.9. The van der Waals surface area contributed by atoms with Crippen molar-refractivity contribution in [3.63, 3.8) is 0 Å². The van der Waals surface area contributed by atoms with Gasteiger partial charge in [0, 0.05) is 42.6 Å². The molecule has 1 aromatic rings. The van der Waals surface area contributed by atoms with Gasteiger partial charge in [-0.3, -0.25) is 9.59 Å². The van der Waals surface area contributed by atoms with Crippen LogP contribution in [0.4, 0.5) is 0 Å². The Hall–Kier alpha value is -1.07. The predicted octanol–water partition coefficient (Wildman–Crippen LogP) is 2.80. The number of amides is 2. The first-order chi connectivity index (χ1) is 9.49. The molecule has 1 aliphatic rings. The van der Waals surface area contributed by atoms with Crippen molar-refractivity contribution in [1.29, 1.82) is 0 Å². The number of nitrogens with zero attached hydrogens (tertiary/aromatic N) is 2. The van der Waals surface area contributed by atoms with Gasteiger partial charge in [0.2, 0.25) is 5.91 Å². The maximum atomic E-state index is 12.5. The molecule has 1 fully saturated rings. The quantitative estimate of drug-likeness (QED) is 0.773. The standard InChI is InChI=1S/C14H16BrClN2O2/c1-10(19)17-5-2-6-18(8-7-17)14(20)12-4-3-11(16)9-13(12)15/h3-4,9H,2,5-8H2,1H3. The largest absolute Gasteiger partial charge is 0.341 e. The van der Waals surface area contributed by atoms with Crippen molar-refractivity contribution in [3.8, 4) is 0 Å². The lowest BCUT2D eigenvalue weighted by Crippen LogP contribution is -2.36. The lowest BCUT2D eigenvalue weighted by molar-refractivity contribution is -0.128. The average molecular weight is 360 g/mol. The number of rotatable bonds is 1. The molecule has 1 heterocycles. The van der Waals surface area contributed by atoms with E-state index < -0.39 is 0 Å². The molecule has 0 saturated carbocycles. The Balaban J connectivity index is 2.11. The third kappa shape index (κ3) is 3.52. The van der Waals surface area contributed by atoms with Gasteiger partial charge in [0.05, 0.1) is 5.56 Å². The summed E-state index contributed by atoms with van der Waals surface area (Å²) >= 11 is 9.26. The molecule has 0 spiro atoms. The highest BCUT2D eigenvalue weighted by Crippen LogP contribution is 2.23. The van der Waals surface area contributed by atoms with Crippen LogP contribution in [0, 0.1) is 0 Å². The summed E-state index contributed by atoms with van der Waals surface area (Å²) in [6.07, 6.45) is 0.802. The van der Waals surface area contributed by atoms with Crippen molar-refractivity contribution in [1.82, 2.24) is 9.80 Å². The smallest absolute Gasteiger partial charge is 0.255 e. The maximum absolute atomic E-state index is 12.5. The first-order valence-electron chi connectivity index (χ1n) is 6.49. The van der Waals surface area contributed by atoms with Gasteiger partial charge in [-0.25, -0.2) is 0 Å². The predicted molar refractivity (Wildman–Crippen MR) is 81.9 cm³/mol. The Morgan fingerprint density at radius 2 is 1.80 bits per heavy atom. The third-order valence-corrected chi connectivity index (χ3v) is 4.28. The Bertz CT molecular complexity index is 536. The molecular weight excluding hydrogens is 344 g/mol. The van der Waals surface area contributed by atoms with E-state index in [-0.39, 0.29) is 11.8 Å². The van der Waals surface area contributed by atoms with Gasteiger partial charge in [-0.05, 0) is 40.5 Å². The van der Waals surface area contributed by atoms with E-state index in [1.54, 1.807) is 34.9 Å². The zero-order chi connectivity index (χ0) is 14.7. The van der Waals surface area contributed by atoms with Gasteiger partial charge in [-0.15, -0.1) is 0 Å². The Morgan fingerprint density at radius 1 is 1.15 bits per heavy atom. The highest BCUT2D eigenvalue weighted by Gasteiger charge is 2.22. The summed E-state index contributed by atoms with van der Waals surface area (Å²) in [7, 11) is 0. The van der Waals surface area contributed by atoms with Gasteiger partial charge in [-0.1, -0.05) is 11.6 Å². The highest BCUT2D eigenvalue weighted by molar-refractivity contribution is 9.10. The lowest BCUT2D eigenvalue weighted by Gasteiger charge is -2.22. The summed E-state index contributed by atoms with van der Waals surface area (Å²) in [5.41, 5.74) is 0.602. The minimum absolute atomic E-state index is 0.0288. The molecule has 0 N–H and O–H groups in total. The Labute approximate surface area is 131 Å². The molecule has 6 heteroatoms. The molecule has 1 aliphatic heterocycles. The summed E-state index contributed by atoms with van der Waals surface area (Å²) in [5, 5.41) is 0.590. The lowest BCUT2D eigenvalue weighted by atomic mass is 10.2. The molecule has 1 aromatic carbocycles. The fourth-order valence-electron chi connectivity index (χ4n) is 2.27. The van der Waals surface area contributed by atoms with Crippen LogP contribution in [0.1, 0.15) is 23.7 Å². The minimum atomic E-state index is -0.0288. The van der Waals surface area contributed by atoms with Gasteiger partial charge in [0.25, 0.3) is 5.91 Å². The molecule has 20 heavy (non-hydrogen) atoms. The van der Waals surface area contributed by atoms with E-state index >= 15 is 0 Å². The van der Waals surface area contributed by atoms with Crippen LogP contribution < -0.4 is 0 Å². The second kappa shape index (κ2) is 6.59. The molecule has 2 rings (SSSR count). The SMILES string of the molecule is CC(=O)N1CCCN(C(=O)c2ccc(Cl)cc2Br)CC1. The number of hydrogen-bond donors (Lipinski definition) is 0. The van der Waals surface area contributed by atoms with Crippen molar-refractivity contribution in [2.24, 2.45) is 0 Å². The van der Waals surface area contributed by atoms with E-state index in [9.17, 15) is 9.59 Å². The van der Waals surface area contributed by atoms with Crippen LogP contribution in [0.5, 0.6) is 0 Å². The highest BCUT2D eigenvalue weighted by atomic mass is 79.9. The monoisotopic (exact) mass is 358 g/mol.